The minimum Gasteiger partial charge on any atom is -0.323 e. The number of anilines is 2. The van der Waals surface area contributed by atoms with Gasteiger partial charge >= 0.3 is 6.03 Å². The number of para-hydroxylation sites is 1. The van der Waals surface area contributed by atoms with Gasteiger partial charge in [-0.2, -0.15) is 5.10 Å². The number of aryl methyl sites for hydroxylation is 1. The van der Waals surface area contributed by atoms with Crippen molar-refractivity contribution in [2.75, 3.05) is 36.4 Å². The number of carbonyl (C=O) groups is 3. The summed E-state index contributed by atoms with van der Waals surface area (Å²) in [5.74, 6) is 0.0888. The van der Waals surface area contributed by atoms with Crippen molar-refractivity contribution in [3.8, 4) is 0 Å². The molecule has 2 aliphatic rings. The zero-order chi connectivity index (χ0) is 21.4. The predicted molar refractivity (Wildman–Crippen MR) is 113 cm³/mol. The number of nitrogens with one attached hydrogen (secondary N) is 3. The van der Waals surface area contributed by atoms with Gasteiger partial charge in [-0.05, 0) is 26.0 Å². The number of imide groups is 1. The molecule has 30 heavy (non-hydrogen) atoms. The summed E-state index contributed by atoms with van der Waals surface area (Å²) in [6.45, 7) is 6.52. The van der Waals surface area contributed by atoms with Crippen molar-refractivity contribution in [2.24, 2.45) is 7.05 Å². The summed E-state index contributed by atoms with van der Waals surface area (Å²) >= 11 is 0. The molecule has 0 bridgehead atoms. The van der Waals surface area contributed by atoms with Gasteiger partial charge < -0.3 is 10.6 Å². The van der Waals surface area contributed by atoms with Gasteiger partial charge in [0, 0.05) is 50.6 Å². The Balaban J connectivity index is 1.58. The molecule has 4 amide bonds. The number of carbonyl (C=O) groups excluding carboxylic acids is 3. The van der Waals surface area contributed by atoms with E-state index in [2.05, 4.69) is 39.8 Å². The van der Waals surface area contributed by atoms with Gasteiger partial charge in [0.05, 0.1) is 17.7 Å². The van der Waals surface area contributed by atoms with Gasteiger partial charge in [-0.3, -0.25) is 29.4 Å². The second kappa shape index (κ2) is 8.04. The molecule has 2 aliphatic heterocycles. The fourth-order valence-corrected chi connectivity index (χ4v) is 4.22. The Morgan fingerprint density at radius 1 is 1.23 bits per heavy atom. The molecule has 0 radical (unpaired) electrons. The van der Waals surface area contributed by atoms with E-state index < -0.39 is 6.03 Å². The summed E-state index contributed by atoms with van der Waals surface area (Å²) in [4.78, 5) is 40.2. The molecule has 1 aromatic heterocycles. The van der Waals surface area contributed by atoms with E-state index in [9.17, 15) is 14.4 Å². The second-order valence-corrected chi connectivity index (χ2v) is 7.98. The maximum Gasteiger partial charge on any atom is 0.329 e. The first-order valence-electron chi connectivity index (χ1n) is 10.2. The van der Waals surface area contributed by atoms with E-state index in [1.807, 2.05) is 18.2 Å². The van der Waals surface area contributed by atoms with E-state index in [1.165, 1.54) is 4.90 Å². The zero-order valence-corrected chi connectivity index (χ0v) is 17.4. The molecule has 3 N–H and O–H groups in total. The summed E-state index contributed by atoms with van der Waals surface area (Å²) in [6.07, 6.45) is 0.224. The van der Waals surface area contributed by atoms with Crippen molar-refractivity contribution in [1.82, 2.24) is 25.3 Å². The van der Waals surface area contributed by atoms with Crippen LogP contribution in [0, 0.1) is 0 Å². The quantitative estimate of drug-likeness (QED) is 0.678. The number of piperazine rings is 1. The molecule has 10 nitrogen and oxygen atoms in total. The number of amides is 4. The molecule has 2 unspecified atom stereocenters. The van der Waals surface area contributed by atoms with Crippen LogP contribution < -0.4 is 20.9 Å². The first-order valence-corrected chi connectivity index (χ1v) is 10.2. The first kappa shape index (κ1) is 20.3. The van der Waals surface area contributed by atoms with Crippen LogP contribution in [0.2, 0.25) is 0 Å². The average Bonchev–Trinajstić information content (AvgIpc) is 3.02. The average molecular weight is 413 g/mol. The molecule has 2 fully saturated rings. The van der Waals surface area contributed by atoms with Crippen LogP contribution in [0.1, 0.15) is 20.3 Å². The van der Waals surface area contributed by atoms with Crippen molar-refractivity contribution >= 4 is 40.3 Å². The topological polar surface area (TPSA) is 112 Å². The smallest absolute Gasteiger partial charge is 0.323 e. The first-order chi connectivity index (χ1) is 14.3. The fraction of sp³-hybridized carbons (Fsp3) is 0.500. The highest BCUT2D eigenvalue weighted by molar-refractivity contribution is 6.11. The molecule has 3 heterocycles. The Labute approximate surface area is 174 Å². The Morgan fingerprint density at radius 2 is 1.97 bits per heavy atom. The standard InChI is InChI=1S/C20H27N7O3/c1-12-9-21-10-13(2)27(12)11-17(29)22-15-6-4-5-14-18(15)25(3)24-19(14)26-8-7-16(28)23-20(26)30/h4-6,12-13,21H,7-11H2,1-3H3,(H,22,29)(H,23,28,30). The van der Waals surface area contributed by atoms with E-state index in [-0.39, 0.29) is 36.9 Å². The highest BCUT2D eigenvalue weighted by Gasteiger charge is 2.29. The number of fused-ring (bicyclic) bond motifs is 1. The van der Waals surface area contributed by atoms with Gasteiger partial charge in [-0.25, -0.2) is 4.79 Å². The van der Waals surface area contributed by atoms with Crippen LogP contribution in [0.3, 0.4) is 0 Å². The van der Waals surface area contributed by atoms with E-state index in [1.54, 1.807) is 11.7 Å². The molecule has 2 aromatic rings. The van der Waals surface area contributed by atoms with Crippen LogP contribution in [0.4, 0.5) is 16.3 Å². The summed E-state index contributed by atoms with van der Waals surface area (Å²) in [7, 11) is 1.77. The minimum absolute atomic E-state index is 0.0906. The Kier molecular flexibility index (Phi) is 5.44. The lowest BCUT2D eigenvalue weighted by Crippen LogP contribution is -2.56. The number of rotatable bonds is 4. The van der Waals surface area contributed by atoms with Crippen LogP contribution in [0.25, 0.3) is 10.9 Å². The Bertz CT molecular complexity index is 992. The van der Waals surface area contributed by atoms with Gasteiger partial charge in [0.15, 0.2) is 5.82 Å². The summed E-state index contributed by atoms with van der Waals surface area (Å²) < 4.78 is 1.65. The van der Waals surface area contributed by atoms with Crippen LogP contribution in [0.5, 0.6) is 0 Å². The number of nitrogens with zero attached hydrogens (tertiary/aromatic N) is 4. The molecule has 2 atom stereocenters. The molecule has 4 rings (SSSR count). The third-order valence-electron chi connectivity index (χ3n) is 5.77. The zero-order valence-electron chi connectivity index (χ0n) is 17.4. The van der Waals surface area contributed by atoms with Gasteiger partial charge in [0.1, 0.15) is 0 Å². The predicted octanol–water partition coefficient (Wildman–Crippen LogP) is 0.640. The minimum atomic E-state index is -0.484. The van der Waals surface area contributed by atoms with Gasteiger partial charge in [-0.15, -0.1) is 0 Å². The second-order valence-electron chi connectivity index (χ2n) is 7.98. The number of hydrogen-bond acceptors (Lipinski definition) is 6. The van der Waals surface area contributed by atoms with Crippen molar-refractivity contribution in [3.63, 3.8) is 0 Å². The van der Waals surface area contributed by atoms with E-state index in [0.717, 1.165) is 24.0 Å². The lowest BCUT2D eigenvalue weighted by Gasteiger charge is -2.38. The molecule has 0 saturated carbocycles. The van der Waals surface area contributed by atoms with Crippen molar-refractivity contribution < 1.29 is 14.4 Å². The largest absolute Gasteiger partial charge is 0.329 e. The summed E-state index contributed by atoms with van der Waals surface area (Å²) in [6, 6.07) is 5.58. The van der Waals surface area contributed by atoms with Crippen LogP contribution in [0.15, 0.2) is 18.2 Å². The fourth-order valence-electron chi connectivity index (χ4n) is 4.22. The van der Waals surface area contributed by atoms with Crippen LogP contribution in [-0.2, 0) is 16.6 Å². The number of urea groups is 1. The molecule has 10 heteroatoms. The van der Waals surface area contributed by atoms with E-state index in [0.29, 0.717) is 18.1 Å². The summed E-state index contributed by atoms with van der Waals surface area (Å²) in [5, 5.41) is 13.9. The van der Waals surface area contributed by atoms with Crippen LogP contribution >= 0.6 is 0 Å². The molecular weight excluding hydrogens is 386 g/mol. The maximum atomic E-state index is 12.8. The Morgan fingerprint density at radius 3 is 2.67 bits per heavy atom. The highest BCUT2D eigenvalue weighted by atomic mass is 16.2. The summed E-state index contributed by atoms with van der Waals surface area (Å²) in [5.41, 5.74) is 1.37. The number of hydrogen-bond donors (Lipinski definition) is 3. The molecule has 0 spiro atoms. The SMILES string of the molecule is CC1CNCC(C)N1CC(=O)Nc1cccc2c(N3CCC(=O)NC3=O)nn(C)c12. The van der Waals surface area contributed by atoms with Crippen LogP contribution in [-0.4, -0.2) is 70.8 Å². The molecule has 0 aliphatic carbocycles. The molecule has 1 aromatic carbocycles. The third kappa shape index (κ3) is 3.75. The van der Waals surface area contributed by atoms with E-state index >= 15 is 0 Å². The van der Waals surface area contributed by atoms with Crippen molar-refractivity contribution in [1.29, 1.82) is 0 Å². The lowest BCUT2D eigenvalue weighted by atomic mass is 10.1. The highest BCUT2D eigenvalue weighted by Crippen LogP contribution is 2.31. The van der Waals surface area contributed by atoms with E-state index in [4.69, 9.17) is 0 Å². The lowest BCUT2D eigenvalue weighted by molar-refractivity contribution is -0.120. The number of benzene rings is 1. The molecular formula is C20H27N7O3. The van der Waals surface area contributed by atoms with Gasteiger partial charge in [0.25, 0.3) is 0 Å². The number of aromatic nitrogens is 2. The third-order valence-corrected chi connectivity index (χ3v) is 5.77. The van der Waals surface area contributed by atoms with Gasteiger partial charge in [-0.1, -0.05) is 6.07 Å². The molecule has 2 saturated heterocycles. The monoisotopic (exact) mass is 413 g/mol. The maximum absolute atomic E-state index is 12.8. The van der Waals surface area contributed by atoms with Crippen molar-refractivity contribution in [2.45, 2.75) is 32.4 Å². The van der Waals surface area contributed by atoms with Gasteiger partial charge in [0.2, 0.25) is 11.8 Å². The molecule has 160 valence electrons. The Hall–Kier alpha value is -2.98. The normalized spacial score (nSPS) is 23.0. The van der Waals surface area contributed by atoms with Crippen molar-refractivity contribution in [3.05, 3.63) is 18.2 Å².